The fourth-order valence-electron chi connectivity index (χ4n) is 7.80. The number of rotatable bonds is 2. The van der Waals surface area contributed by atoms with Crippen LogP contribution in [0.5, 0.6) is 0 Å². The molecular weight excluding hydrogens is 358 g/mol. The Labute approximate surface area is 166 Å². The van der Waals surface area contributed by atoms with Crippen molar-refractivity contribution in [1.82, 2.24) is 4.90 Å². The van der Waals surface area contributed by atoms with Crippen LogP contribution < -0.4 is 0 Å². The summed E-state index contributed by atoms with van der Waals surface area (Å²) in [7, 11) is 0. The molecule has 5 rings (SSSR count). The lowest BCUT2D eigenvalue weighted by atomic mass is 9.70. The van der Waals surface area contributed by atoms with Crippen molar-refractivity contribution >= 4 is 11.9 Å². The van der Waals surface area contributed by atoms with Crippen LogP contribution in [0, 0.1) is 23.7 Å². The molecule has 4 saturated heterocycles. The Balaban J connectivity index is 1.58. The average Bonchev–Trinajstić information content (AvgIpc) is 3.28. The molecule has 4 aliphatic heterocycles. The first-order chi connectivity index (χ1) is 13.3. The van der Waals surface area contributed by atoms with Crippen molar-refractivity contribution in [1.29, 1.82) is 0 Å². The topological polar surface area (TPSA) is 76.1 Å². The van der Waals surface area contributed by atoms with E-state index in [9.17, 15) is 14.7 Å². The number of aliphatic hydroxyl groups is 1. The lowest BCUT2D eigenvalue weighted by Gasteiger charge is -2.47. The molecule has 1 spiro atoms. The minimum atomic E-state index is -1.44. The number of carbonyl (C=O) groups excluding carboxylic acids is 2. The van der Waals surface area contributed by atoms with Crippen LogP contribution in [0.15, 0.2) is 0 Å². The highest BCUT2D eigenvalue weighted by atomic mass is 16.6. The van der Waals surface area contributed by atoms with E-state index in [1.807, 2.05) is 6.92 Å². The molecule has 6 nitrogen and oxygen atoms in total. The normalized spacial score (nSPS) is 53.4. The van der Waals surface area contributed by atoms with E-state index in [2.05, 4.69) is 11.8 Å². The Morgan fingerprint density at radius 3 is 2.68 bits per heavy atom. The van der Waals surface area contributed by atoms with E-state index in [-0.39, 0.29) is 41.6 Å². The van der Waals surface area contributed by atoms with Crippen LogP contribution in [0.2, 0.25) is 0 Å². The van der Waals surface area contributed by atoms with Crippen molar-refractivity contribution in [2.24, 2.45) is 23.7 Å². The van der Waals surface area contributed by atoms with Gasteiger partial charge < -0.3 is 14.6 Å². The largest absolute Gasteiger partial charge is 0.460 e. The van der Waals surface area contributed by atoms with Crippen LogP contribution in [0.25, 0.3) is 0 Å². The summed E-state index contributed by atoms with van der Waals surface area (Å²) in [4.78, 5) is 27.2. The van der Waals surface area contributed by atoms with Gasteiger partial charge in [0.15, 0.2) is 5.60 Å². The Morgan fingerprint density at radius 1 is 1.21 bits per heavy atom. The minimum Gasteiger partial charge on any atom is -0.460 e. The quantitative estimate of drug-likeness (QED) is 0.728. The summed E-state index contributed by atoms with van der Waals surface area (Å²) < 4.78 is 11.6. The lowest BCUT2D eigenvalue weighted by molar-refractivity contribution is -0.159. The van der Waals surface area contributed by atoms with Gasteiger partial charge >= 0.3 is 11.9 Å². The molecule has 0 aromatic carbocycles. The van der Waals surface area contributed by atoms with E-state index in [0.717, 1.165) is 45.1 Å². The number of ether oxygens (including phenoxy) is 2. The number of nitrogens with zero attached hydrogens (tertiary/aromatic N) is 1. The number of carbonyl (C=O) groups is 2. The van der Waals surface area contributed by atoms with Crippen LogP contribution in [0.3, 0.4) is 0 Å². The summed E-state index contributed by atoms with van der Waals surface area (Å²) >= 11 is 0. The maximum atomic E-state index is 12.6. The molecule has 6 heteroatoms. The monoisotopic (exact) mass is 391 g/mol. The molecule has 1 N–H and O–H groups in total. The van der Waals surface area contributed by atoms with E-state index in [1.165, 1.54) is 6.42 Å². The van der Waals surface area contributed by atoms with Gasteiger partial charge in [0.2, 0.25) is 0 Å². The summed E-state index contributed by atoms with van der Waals surface area (Å²) in [6.07, 6.45) is 6.81. The predicted molar refractivity (Wildman–Crippen MR) is 101 cm³/mol. The molecule has 0 aromatic rings. The van der Waals surface area contributed by atoms with E-state index >= 15 is 0 Å². The number of fused-ring (bicyclic) bond motifs is 1. The van der Waals surface area contributed by atoms with Gasteiger partial charge in [0.25, 0.3) is 0 Å². The SMILES string of the molecule is CC[C@@H]1[C@H]2OC(=O)[C@@](C)(O)[C@H]2[C@]23CC[C@@H]([C@@H]4C[C@H](C)C(=O)O4)N2CCCC[C@H]13. The molecule has 0 radical (unpaired) electrons. The smallest absolute Gasteiger partial charge is 0.338 e. The molecule has 28 heavy (non-hydrogen) atoms. The highest BCUT2D eigenvalue weighted by Crippen LogP contribution is 2.64. The first-order valence-corrected chi connectivity index (χ1v) is 11.2. The van der Waals surface area contributed by atoms with Gasteiger partial charge in [0.05, 0.1) is 11.8 Å². The molecule has 1 aliphatic carbocycles. The lowest BCUT2D eigenvalue weighted by Crippen LogP contribution is -2.61. The number of cyclic esters (lactones) is 1. The van der Waals surface area contributed by atoms with Gasteiger partial charge in [-0.25, -0.2) is 4.79 Å². The Hall–Kier alpha value is -1.14. The molecule has 5 aliphatic rings. The average molecular weight is 392 g/mol. The fourth-order valence-corrected chi connectivity index (χ4v) is 7.80. The van der Waals surface area contributed by atoms with Gasteiger partial charge in [0, 0.05) is 17.5 Å². The highest BCUT2D eigenvalue weighted by molar-refractivity contribution is 5.82. The molecule has 0 amide bonds. The zero-order valence-electron chi connectivity index (χ0n) is 17.2. The van der Waals surface area contributed by atoms with E-state index in [4.69, 9.17) is 9.47 Å². The fraction of sp³-hybridized carbons (Fsp3) is 0.909. The van der Waals surface area contributed by atoms with Crippen molar-refractivity contribution in [3.05, 3.63) is 0 Å². The van der Waals surface area contributed by atoms with Crippen LogP contribution in [0.4, 0.5) is 0 Å². The van der Waals surface area contributed by atoms with Gasteiger partial charge in [-0.05, 0) is 57.9 Å². The minimum absolute atomic E-state index is 0.0384. The first kappa shape index (κ1) is 18.9. The number of hydrogen-bond donors (Lipinski definition) is 1. The number of esters is 2. The third kappa shape index (κ3) is 2.22. The van der Waals surface area contributed by atoms with Crippen molar-refractivity contribution < 1.29 is 24.2 Å². The zero-order valence-corrected chi connectivity index (χ0v) is 17.2. The van der Waals surface area contributed by atoms with Gasteiger partial charge in [-0.1, -0.05) is 20.3 Å². The van der Waals surface area contributed by atoms with E-state index in [0.29, 0.717) is 11.8 Å². The molecule has 1 saturated carbocycles. The van der Waals surface area contributed by atoms with Crippen molar-refractivity contribution in [2.75, 3.05) is 6.54 Å². The second-order valence-electron chi connectivity index (χ2n) is 10.1. The second-order valence-corrected chi connectivity index (χ2v) is 10.1. The molecule has 0 unspecified atom stereocenters. The third-order valence-electron chi connectivity index (χ3n) is 8.81. The summed E-state index contributed by atoms with van der Waals surface area (Å²) in [5, 5.41) is 11.3. The Morgan fingerprint density at radius 2 is 2.00 bits per heavy atom. The third-order valence-corrected chi connectivity index (χ3v) is 8.81. The van der Waals surface area contributed by atoms with Gasteiger partial charge in [-0.15, -0.1) is 0 Å². The molecule has 156 valence electrons. The maximum absolute atomic E-state index is 12.6. The maximum Gasteiger partial charge on any atom is 0.338 e. The van der Waals surface area contributed by atoms with Crippen molar-refractivity contribution in [3.63, 3.8) is 0 Å². The second kappa shape index (κ2) is 6.18. The number of hydrogen-bond acceptors (Lipinski definition) is 6. The zero-order chi connectivity index (χ0) is 19.8. The van der Waals surface area contributed by atoms with Crippen LogP contribution in [0.1, 0.15) is 65.7 Å². The Bertz CT molecular complexity index is 692. The molecule has 9 atom stereocenters. The Kier molecular flexibility index (Phi) is 4.16. The van der Waals surface area contributed by atoms with Gasteiger partial charge in [-0.3, -0.25) is 9.69 Å². The molecule has 4 heterocycles. The summed E-state index contributed by atoms with van der Waals surface area (Å²) in [6.45, 7) is 6.75. The van der Waals surface area contributed by atoms with Crippen molar-refractivity contribution in [3.8, 4) is 0 Å². The molecule has 5 fully saturated rings. The molecular formula is C22H33NO5. The van der Waals surface area contributed by atoms with E-state index < -0.39 is 11.6 Å². The van der Waals surface area contributed by atoms with Crippen LogP contribution in [-0.4, -0.2) is 57.9 Å². The van der Waals surface area contributed by atoms with Crippen LogP contribution >= 0.6 is 0 Å². The summed E-state index contributed by atoms with van der Waals surface area (Å²) in [5.41, 5.74) is -1.66. The summed E-state index contributed by atoms with van der Waals surface area (Å²) in [5.74, 6) is -0.0492. The van der Waals surface area contributed by atoms with Gasteiger partial charge in [0.1, 0.15) is 12.2 Å². The standard InChI is InChI=1S/C22H33NO5/c1-4-13-14-7-5-6-10-23-15(16-11-12(2)19(24)27-16)8-9-22(14,23)18-17(13)28-20(25)21(18,3)26/h12-18,26H,4-11H2,1-3H3/t12-,13-,14+,15-,16-,17+,18-,21-,22+/m0/s1. The first-order valence-electron chi connectivity index (χ1n) is 11.2. The molecule has 0 bridgehead atoms. The van der Waals surface area contributed by atoms with Crippen molar-refractivity contribution in [2.45, 2.75) is 95.1 Å². The van der Waals surface area contributed by atoms with Crippen LogP contribution in [-0.2, 0) is 19.1 Å². The highest BCUT2D eigenvalue weighted by Gasteiger charge is 2.75. The predicted octanol–water partition coefficient (Wildman–Crippen LogP) is 2.27. The van der Waals surface area contributed by atoms with Gasteiger partial charge in [-0.2, -0.15) is 0 Å². The summed E-state index contributed by atoms with van der Waals surface area (Å²) in [6, 6.07) is 0.192. The van der Waals surface area contributed by atoms with E-state index in [1.54, 1.807) is 6.92 Å². The molecule has 0 aromatic heterocycles.